The monoisotopic (exact) mass is 258 g/mol. The van der Waals surface area contributed by atoms with Crippen molar-refractivity contribution in [2.24, 2.45) is 0 Å². The number of carbonyl (C=O) groups excluding carboxylic acids is 1. The Kier molecular flexibility index (Phi) is 12.0. The van der Waals surface area contributed by atoms with Crippen LogP contribution in [0.2, 0.25) is 0 Å². The van der Waals surface area contributed by atoms with Crippen molar-refractivity contribution in [3.63, 3.8) is 0 Å². The van der Waals surface area contributed by atoms with Gasteiger partial charge in [-0.15, -0.1) is 0 Å². The lowest BCUT2D eigenvalue weighted by molar-refractivity contribution is -0.150. The molecule has 1 N–H and O–H groups in total. The van der Waals surface area contributed by atoms with Crippen LogP contribution in [0.1, 0.15) is 44.9 Å². The highest BCUT2D eigenvalue weighted by atomic mass is 16.5. The predicted octanol–water partition coefficient (Wildman–Crippen LogP) is 2.45. The molecule has 1 atom stereocenters. The molecule has 0 heterocycles. The Balaban J connectivity index is 3.30. The summed E-state index contributed by atoms with van der Waals surface area (Å²) >= 11 is 0. The summed E-state index contributed by atoms with van der Waals surface area (Å²) in [7, 11) is 3.01. The van der Waals surface area contributed by atoms with Gasteiger partial charge >= 0.3 is 5.97 Å². The number of ether oxygens (including phenoxy) is 2. The minimum Gasteiger partial charge on any atom is -0.467 e. The van der Waals surface area contributed by atoms with E-state index in [0.29, 0.717) is 6.42 Å². The van der Waals surface area contributed by atoms with Crippen LogP contribution in [0.5, 0.6) is 0 Å². The first kappa shape index (κ1) is 17.1. The number of methoxy groups -OCH3 is 2. The Morgan fingerprint density at radius 1 is 1.11 bits per heavy atom. The topological polar surface area (TPSA) is 55.8 Å². The van der Waals surface area contributed by atoms with Crippen LogP contribution in [0.4, 0.5) is 0 Å². The van der Waals surface area contributed by atoms with Gasteiger partial charge < -0.3 is 14.6 Å². The minimum absolute atomic E-state index is 0.334. The standard InChI is InChI=1S/C14H26O4/c1-17-12-10-8-6-4-3-5-7-9-11-13(15)14(16)18-2/h7,9,13,15H,3-6,8,10-12H2,1-2H3. The van der Waals surface area contributed by atoms with Crippen LogP contribution < -0.4 is 0 Å². The highest BCUT2D eigenvalue weighted by Crippen LogP contribution is 2.06. The molecule has 0 saturated carbocycles. The summed E-state index contributed by atoms with van der Waals surface area (Å²) in [5, 5.41) is 9.30. The van der Waals surface area contributed by atoms with Crippen LogP contribution in [0, 0.1) is 0 Å². The van der Waals surface area contributed by atoms with Gasteiger partial charge in [-0.1, -0.05) is 31.4 Å². The van der Waals surface area contributed by atoms with Crippen LogP contribution in [0.3, 0.4) is 0 Å². The van der Waals surface area contributed by atoms with Gasteiger partial charge in [0.25, 0.3) is 0 Å². The number of rotatable bonds is 11. The summed E-state index contributed by atoms with van der Waals surface area (Å²) in [6, 6.07) is 0. The molecule has 18 heavy (non-hydrogen) atoms. The first-order chi connectivity index (χ1) is 8.72. The Hall–Kier alpha value is -0.870. The fourth-order valence-electron chi connectivity index (χ4n) is 1.61. The lowest BCUT2D eigenvalue weighted by Gasteiger charge is -2.04. The molecule has 0 aromatic heterocycles. The molecule has 0 spiro atoms. The molecule has 0 amide bonds. The molecule has 106 valence electrons. The molecule has 0 radical (unpaired) electrons. The van der Waals surface area contributed by atoms with Crippen molar-refractivity contribution in [1.29, 1.82) is 0 Å². The number of aliphatic hydroxyl groups is 1. The van der Waals surface area contributed by atoms with Crippen LogP contribution in [-0.2, 0) is 14.3 Å². The Bertz CT molecular complexity index is 226. The number of carbonyl (C=O) groups is 1. The third-order valence-corrected chi connectivity index (χ3v) is 2.72. The van der Waals surface area contributed by atoms with E-state index in [1.165, 1.54) is 26.4 Å². The van der Waals surface area contributed by atoms with E-state index in [4.69, 9.17) is 4.74 Å². The van der Waals surface area contributed by atoms with E-state index < -0.39 is 12.1 Å². The average molecular weight is 258 g/mol. The molecule has 0 rings (SSSR count). The number of hydrogen-bond donors (Lipinski definition) is 1. The Labute approximate surface area is 110 Å². The lowest BCUT2D eigenvalue weighted by Crippen LogP contribution is -2.20. The summed E-state index contributed by atoms with van der Waals surface area (Å²) in [5.74, 6) is -0.571. The fourth-order valence-corrected chi connectivity index (χ4v) is 1.61. The van der Waals surface area contributed by atoms with E-state index >= 15 is 0 Å². The maximum atomic E-state index is 10.9. The molecule has 0 saturated heterocycles. The van der Waals surface area contributed by atoms with Crippen molar-refractivity contribution in [1.82, 2.24) is 0 Å². The van der Waals surface area contributed by atoms with Gasteiger partial charge in [-0.25, -0.2) is 4.79 Å². The quantitative estimate of drug-likeness (QED) is 0.351. The number of esters is 1. The van der Waals surface area contributed by atoms with Crippen molar-refractivity contribution in [2.45, 2.75) is 51.0 Å². The van der Waals surface area contributed by atoms with Gasteiger partial charge in [-0.3, -0.25) is 0 Å². The maximum Gasteiger partial charge on any atom is 0.335 e. The van der Waals surface area contributed by atoms with E-state index in [1.807, 2.05) is 12.2 Å². The maximum absolute atomic E-state index is 10.9. The highest BCUT2D eigenvalue weighted by Gasteiger charge is 2.12. The van der Waals surface area contributed by atoms with Gasteiger partial charge in [0.2, 0.25) is 0 Å². The van der Waals surface area contributed by atoms with Crippen molar-refractivity contribution in [3.8, 4) is 0 Å². The van der Waals surface area contributed by atoms with E-state index in [0.717, 1.165) is 25.9 Å². The number of hydrogen-bond acceptors (Lipinski definition) is 4. The molecule has 4 heteroatoms. The van der Waals surface area contributed by atoms with Crippen LogP contribution in [-0.4, -0.2) is 38.0 Å². The van der Waals surface area contributed by atoms with Gasteiger partial charge in [-0.2, -0.15) is 0 Å². The molecule has 1 unspecified atom stereocenters. The van der Waals surface area contributed by atoms with Crippen molar-refractivity contribution < 1.29 is 19.4 Å². The minimum atomic E-state index is -1.03. The second-order valence-electron chi connectivity index (χ2n) is 4.30. The molecule has 0 fully saturated rings. The molecule has 0 aliphatic heterocycles. The Morgan fingerprint density at radius 2 is 1.78 bits per heavy atom. The van der Waals surface area contributed by atoms with Gasteiger partial charge in [-0.05, 0) is 19.3 Å². The van der Waals surface area contributed by atoms with E-state index in [1.54, 1.807) is 7.11 Å². The van der Waals surface area contributed by atoms with Gasteiger partial charge in [0.15, 0.2) is 6.10 Å². The van der Waals surface area contributed by atoms with Crippen LogP contribution >= 0.6 is 0 Å². The van der Waals surface area contributed by atoms with Crippen LogP contribution in [0.25, 0.3) is 0 Å². The molecular weight excluding hydrogens is 232 g/mol. The van der Waals surface area contributed by atoms with Gasteiger partial charge in [0, 0.05) is 20.1 Å². The van der Waals surface area contributed by atoms with Gasteiger partial charge in [0.1, 0.15) is 0 Å². The summed E-state index contributed by atoms with van der Waals surface area (Å²) < 4.78 is 9.40. The van der Waals surface area contributed by atoms with Crippen molar-refractivity contribution >= 4 is 5.97 Å². The summed E-state index contributed by atoms with van der Waals surface area (Å²) in [6.45, 7) is 0.852. The molecule has 0 aromatic rings. The third kappa shape index (κ3) is 10.3. The summed E-state index contributed by atoms with van der Waals surface area (Å²) in [5.41, 5.74) is 0. The number of aliphatic hydroxyl groups excluding tert-OH is 1. The first-order valence-electron chi connectivity index (χ1n) is 6.62. The smallest absolute Gasteiger partial charge is 0.335 e. The van der Waals surface area contributed by atoms with E-state index in [2.05, 4.69) is 4.74 Å². The highest BCUT2D eigenvalue weighted by molar-refractivity contribution is 5.74. The molecule has 0 aliphatic rings. The second kappa shape index (κ2) is 12.6. The van der Waals surface area contributed by atoms with Crippen molar-refractivity contribution in [3.05, 3.63) is 12.2 Å². The summed E-state index contributed by atoms with van der Waals surface area (Å²) in [6.07, 6.45) is 10.1. The van der Waals surface area contributed by atoms with Crippen LogP contribution in [0.15, 0.2) is 12.2 Å². The molecule has 0 aromatic carbocycles. The molecular formula is C14H26O4. The number of unbranched alkanes of at least 4 members (excludes halogenated alkanes) is 5. The second-order valence-corrected chi connectivity index (χ2v) is 4.30. The average Bonchev–Trinajstić information content (AvgIpc) is 2.39. The van der Waals surface area contributed by atoms with E-state index in [-0.39, 0.29) is 0 Å². The SMILES string of the molecule is COCCCCCCCC=CCC(O)C(=O)OC. The third-order valence-electron chi connectivity index (χ3n) is 2.72. The number of allylic oxidation sites excluding steroid dienone is 1. The molecule has 0 bridgehead atoms. The first-order valence-corrected chi connectivity index (χ1v) is 6.62. The summed E-state index contributed by atoms with van der Waals surface area (Å²) in [4.78, 5) is 10.9. The molecule has 0 aliphatic carbocycles. The largest absolute Gasteiger partial charge is 0.467 e. The predicted molar refractivity (Wildman–Crippen MR) is 71.4 cm³/mol. The normalized spacial score (nSPS) is 12.8. The zero-order valence-electron chi connectivity index (χ0n) is 11.6. The van der Waals surface area contributed by atoms with Crippen molar-refractivity contribution in [2.75, 3.05) is 20.8 Å². The van der Waals surface area contributed by atoms with E-state index in [9.17, 15) is 9.90 Å². The zero-order valence-corrected chi connectivity index (χ0v) is 11.6. The Morgan fingerprint density at radius 3 is 2.44 bits per heavy atom. The fraction of sp³-hybridized carbons (Fsp3) is 0.786. The molecule has 4 nitrogen and oxygen atoms in total. The lowest BCUT2D eigenvalue weighted by atomic mass is 10.1. The van der Waals surface area contributed by atoms with Gasteiger partial charge in [0.05, 0.1) is 7.11 Å². The zero-order chi connectivity index (χ0) is 13.6.